The van der Waals surface area contributed by atoms with Crippen molar-refractivity contribution < 1.29 is 10.0 Å². The van der Waals surface area contributed by atoms with Crippen molar-refractivity contribution in [2.24, 2.45) is 16.8 Å². The number of benzene rings is 1. The van der Waals surface area contributed by atoms with Crippen LogP contribution in [0.2, 0.25) is 0 Å². The Labute approximate surface area is 106 Å². The van der Waals surface area contributed by atoms with E-state index in [0.717, 1.165) is 6.42 Å². The van der Waals surface area contributed by atoms with Crippen molar-refractivity contribution >= 4 is 11.7 Å². The number of hydrogen-bond acceptors (Lipinski definition) is 3. The van der Waals surface area contributed by atoms with Crippen LogP contribution in [0, 0.1) is 5.92 Å². The Morgan fingerprint density at radius 3 is 2.78 bits per heavy atom. The maximum absolute atomic E-state index is 12.1. The number of rotatable bonds is 4. The molecule has 1 aromatic carbocycles. The molecule has 96 valence electrons. The molecule has 2 rings (SSSR count). The molecule has 0 aliphatic heterocycles. The molecular weight excluding hydrogens is 230 g/mol. The lowest BCUT2D eigenvalue weighted by Crippen LogP contribution is -2.36. The molecule has 0 heterocycles. The number of hydrogen-bond donors (Lipinski definition) is 2. The predicted molar refractivity (Wildman–Crippen MR) is 68.3 cm³/mol. The monoisotopic (exact) mass is 247 g/mol. The van der Waals surface area contributed by atoms with Crippen LogP contribution in [0.3, 0.4) is 0 Å². The molecule has 1 amide bonds. The average molecular weight is 247 g/mol. The molecule has 0 radical (unpaired) electrons. The van der Waals surface area contributed by atoms with E-state index in [0.29, 0.717) is 5.92 Å². The van der Waals surface area contributed by atoms with Crippen molar-refractivity contribution in [1.29, 1.82) is 0 Å². The topological polar surface area (TPSA) is 78.9 Å². The first kappa shape index (κ1) is 12.4. The van der Waals surface area contributed by atoms with Crippen LogP contribution in [-0.4, -0.2) is 35.4 Å². The quantitative estimate of drug-likeness (QED) is 0.360. The van der Waals surface area contributed by atoms with E-state index in [2.05, 4.69) is 5.16 Å². The Morgan fingerprint density at radius 1 is 1.50 bits per heavy atom. The Kier molecular flexibility index (Phi) is 3.50. The Morgan fingerprint density at radius 2 is 2.17 bits per heavy atom. The number of oxime groups is 1. The highest BCUT2D eigenvalue weighted by Crippen LogP contribution is 2.48. The molecule has 5 heteroatoms. The number of nitrogens with two attached hydrogens (primary N) is 1. The van der Waals surface area contributed by atoms with Gasteiger partial charge in [0.1, 0.15) is 0 Å². The highest BCUT2D eigenvalue weighted by molar-refractivity contribution is 5.89. The summed E-state index contributed by atoms with van der Waals surface area (Å²) in [4.78, 5) is 13.6. The number of carbonyl (C=O) groups is 1. The van der Waals surface area contributed by atoms with Crippen LogP contribution in [-0.2, 0) is 4.79 Å². The van der Waals surface area contributed by atoms with E-state index < -0.39 is 0 Å². The molecule has 2 unspecified atom stereocenters. The van der Waals surface area contributed by atoms with Crippen LogP contribution in [0.4, 0.5) is 0 Å². The fraction of sp³-hybridized carbons (Fsp3) is 0.385. The van der Waals surface area contributed by atoms with E-state index in [1.54, 1.807) is 7.05 Å². The lowest BCUT2D eigenvalue weighted by atomic mass is 10.1. The SMILES string of the molecule is CN(C/C(N)=N/O)C(=O)C1CC1c1ccccc1. The molecule has 1 aliphatic rings. The standard InChI is InChI=1S/C13H17N3O2/c1-16(8-12(14)15-18)13(17)11-7-10(11)9-5-3-2-4-6-9/h2-6,10-11,18H,7-8H2,1H3,(H2,14,15). The van der Waals surface area contributed by atoms with Crippen molar-refractivity contribution in [3.63, 3.8) is 0 Å². The van der Waals surface area contributed by atoms with Crippen molar-refractivity contribution in [2.45, 2.75) is 12.3 Å². The molecule has 1 aliphatic carbocycles. The van der Waals surface area contributed by atoms with E-state index >= 15 is 0 Å². The first-order valence-corrected chi connectivity index (χ1v) is 5.89. The van der Waals surface area contributed by atoms with E-state index in [-0.39, 0.29) is 24.2 Å². The summed E-state index contributed by atoms with van der Waals surface area (Å²) in [5.74, 6) is 0.440. The van der Waals surface area contributed by atoms with Gasteiger partial charge in [-0.1, -0.05) is 35.5 Å². The van der Waals surface area contributed by atoms with Gasteiger partial charge in [-0.2, -0.15) is 0 Å². The molecule has 2 atom stereocenters. The first-order valence-electron chi connectivity index (χ1n) is 5.89. The van der Waals surface area contributed by atoms with Crippen molar-refractivity contribution in [1.82, 2.24) is 4.90 Å². The van der Waals surface area contributed by atoms with E-state index in [9.17, 15) is 4.79 Å². The third-order valence-electron chi connectivity index (χ3n) is 3.24. The second kappa shape index (κ2) is 5.08. The molecular formula is C13H17N3O2. The van der Waals surface area contributed by atoms with Crippen LogP contribution < -0.4 is 5.73 Å². The largest absolute Gasteiger partial charge is 0.409 e. The van der Waals surface area contributed by atoms with Crippen LogP contribution in [0.1, 0.15) is 17.9 Å². The smallest absolute Gasteiger partial charge is 0.226 e. The van der Waals surface area contributed by atoms with Gasteiger partial charge in [-0.3, -0.25) is 4.79 Å². The van der Waals surface area contributed by atoms with Crippen molar-refractivity contribution in [2.75, 3.05) is 13.6 Å². The molecule has 0 saturated heterocycles. The van der Waals surface area contributed by atoms with E-state index in [1.807, 2.05) is 30.3 Å². The van der Waals surface area contributed by atoms with E-state index in [4.69, 9.17) is 10.9 Å². The molecule has 0 spiro atoms. The Balaban J connectivity index is 1.93. The lowest BCUT2D eigenvalue weighted by molar-refractivity contribution is -0.130. The van der Waals surface area contributed by atoms with Gasteiger partial charge in [0.05, 0.1) is 6.54 Å². The van der Waals surface area contributed by atoms with Gasteiger partial charge in [0.2, 0.25) is 5.91 Å². The zero-order valence-corrected chi connectivity index (χ0v) is 10.3. The summed E-state index contributed by atoms with van der Waals surface area (Å²) in [5.41, 5.74) is 6.59. The zero-order valence-electron chi connectivity index (χ0n) is 10.3. The second-order valence-electron chi connectivity index (χ2n) is 4.65. The van der Waals surface area contributed by atoms with Gasteiger partial charge >= 0.3 is 0 Å². The fourth-order valence-corrected chi connectivity index (χ4v) is 2.17. The summed E-state index contributed by atoms with van der Waals surface area (Å²) < 4.78 is 0. The van der Waals surface area contributed by atoms with Crippen LogP contribution in [0.25, 0.3) is 0 Å². The molecule has 18 heavy (non-hydrogen) atoms. The summed E-state index contributed by atoms with van der Waals surface area (Å²) in [6.45, 7) is 0.160. The van der Waals surface area contributed by atoms with Gasteiger partial charge in [-0.25, -0.2) is 0 Å². The van der Waals surface area contributed by atoms with Gasteiger partial charge in [-0.15, -0.1) is 0 Å². The molecule has 1 aromatic rings. The van der Waals surface area contributed by atoms with Gasteiger partial charge in [-0.05, 0) is 17.9 Å². The van der Waals surface area contributed by atoms with Gasteiger partial charge in [0.15, 0.2) is 5.84 Å². The maximum Gasteiger partial charge on any atom is 0.226 e. The number of nitrogens with zero attached hydrogens (tertiary/aromatic N) is 2. The lowest BCUT2D eigenvalue weighted by Gasteiger charge is -2.16. The Bertz CT molecular complexity index is 459. The normalized spacial score (nSPS) is 22.6. The minimum atomic E-state index is 0.0314. The number of likely N-dealkylation sites (N-methyl/N-ethyl adjacent to an activating group) is 1. The van der Waals surface area contributed by atoms with Crippen LogP contribution >= 0.6 is 0 Å². The molecule has 1 fully saturated rings. The summed E-state index contributed by atoms with van der Waals surface area (Å²) in [7, 11) is 1.67. The van der Waals surface area contributed by atoms with Crippen LogP contribution in [0.15, 0.2) is 35.5 Å². The highest BCUT2D eigenvalue weighted by Gasteiger charge is 2.45. The predicted octanol–water partition coefficient (Wildman–Crippen LogP) is 0.995. The van der Waals surface area contributed by atoms with Crippen LogP contribution in [0.5, 0.6) is 0 Å². The van der Waals surface area contributed by atoms with Crippen molar-refractivity contribution in [3.05, 3.63) is 35.9 Å². The third kappa shape index (κ3) is 2.61. The number of amides is 1. The summed E-state index contributed by atoms with van der Waals surface area (Å²) in [5, 5.41) is 11.3. The molecule has 1 saturated carbocycles. The summed E-state index contributed by atoms with van der Waals surface area (Å²) in [6, 6.07) is 10.0. The minimum Gasteiger partial charge on any atom is -0.409 e. The van der Waals surface area contributed by atoms with E-state index in [1.165, 1.54) is 10.5 Å². The zero-order chi connectivity index (χ0) is 13.1. The number of amidine groups is 1. The molecule has 5 nitrogen and oxygen atoms in total. The Hall–Kier alpha value is -2.04. The minimum absolute atomic E-state index is 0.0314. The highest BCUT2D eigenvalue weighted by atomic mass is 16.4. The summed E-state index contributed by atoms with van der Waals surface area (Å²) in [6.07, 6.45) is 0.878. The first-order chi connectivity index (χ1) is 8.63. The second-order valence-corrected chi connectivity index (χ2v) is 4.65. The van der Waals surface area contributed by atoms with Gasteiger partial charge in [0.25, 0.3) is 0 Å². The number of carbonyl (C=O) groups excluding carboxylic acids is 1. The van der Waals surface area contributed by atoms with Crippen molar-refractivity contribution in [3.8, 4) is 0 Å². The third-order valence-corrected chi connectivity index (χ3v) is 3.24. The average Bonchev–Trinajstić information content (AvgIpc) is 3.18. The molecule has 3 N–H and O–H groups in total. The fourth-order valence-electron chi connectivity index (χ4n) is 2.17. The maximum atomic E-state index is 12.1. The van der Waals surface area contributed by atoms with Gasteiger partial charge < -0.3 is 15.8 Å². The summed E-state index contributed by atoms with van der Waals surface area (Å²) >= 11 is 0. The van der Waals surface area contributed by atoms with Gasteiger partial charge in [0, 0.05) is 13.0 Å². The molecule has 0 bridgehead atoms. The molecule has 0 aromatic heterocycles.